The van der Waals surface area contributed by atoms with Crippen LogP contribution in [0.5, 0.6) is 0 Å². The summed E-state index contributed by atoms with van der Waals surface area (Å²) in [6.07, 6.45) is 0. The lowest BCUT2D eigenvalue weighted by atomic mass is 10.2. The largest absolute Gasteiger partial charge is 0.399 e. The van der Waals surface area contributed by atoms with E-state index in [9.17, 15) is 8.42 Å². The summed E-state index contributed by atoms with van der Waals surface area (Å²) in [6.45, 7) is 3.62. The molecule has 20 heavy (non-hydrogen) atoms. The third-order valence-electron chi connectivity index (χ3n) is 2.78. The third kappa shape index (κ3) is 3.32. The van der Waals surface area contributed by atoms with E-state index in [2.05, 4.69) is 20.7 Å². The Morgan fingerprint density at radius 2 is 1.80 bits per heavy atom. The highest BCUT2D eigenvalue weighted by Gasteiger charge is 2.17. The SMILES string of the molecule is Cc1cc(Br)cc(NS(=O)(=O)c2ccc(N)cc2C)c1. The maximum Gasteiger partial charge on any atom is 0.262 e. The van der Waals surface area contributed by atoms with Crippen LogP contribution in [-0.2, 0) is 10.0 Å². The highest BCUT2D eigenvalue weighted by Crippen LogP contribution is 2.24. The van der Waals surface area contributed by atoms with E-state index in [1.807, 2.05) is 13.0 Å². The van der Waals surface area contributed by atoms with Crippen molar-refractivity contribution >= 4 is 37.3 Å². The van der Waals surface area contributed by atoms with Gasteiger partial charge in [-0.15, -0.1) is 0 Å². The van der Waals surface area contributed by atoms with E-state index in [4.69, 9.17) is 5.73 Å². The molecule has 3 N–H and O–H groups in total. The number of halogens is 1. The molecule has 0 aliphatic rings. The van der Waals surface area contributed by atoms with Crippen molar-refractivity contribution in [2.75, 3.05) is 10.5 Å². The number of anilines is 2. The lowest BCUT2D eigenvalue weighted by Gasteiger charge is -2.11. The van der Waals surface area contributed by atoms with Crippen LogP contribution in [-0.4, -0.2) is 8.42 Å². The second-order valence-corrected chi connectivity index (χ2v) is 7.21. The summed E-state index contributed by atoms with van der Waals surface area (Å²) in [7, 11) is -3.62. The van der Waals surface area contributed by atoms with Gasteiger partial charge in [0.15, 0.2) is 0 Å². The van der Waals surface area contributed by atoms with Gasteiger partial charge < -0.3 is 5.73 Å². The van der Waals surface area contributed by atoms with Crippen molar-refractivity contribution < 1.29 is 8.42 Å². The molecule has 0 saturated heterocycles. The molecular weight excluding hydrogens is 340 g/mol. The summed E-state index contributed by atoms with van der Waals surface area (Å²) in [4.78, 5) is 0.226. The lowest BCUT2D eigenvalue weighted by Crippen LogP contribution is -2.14. The molecule has 0 aliphatic carbocycles. The lowest BCUT2D eigenvalue weighted by molar-refractivity contribution is 0.600. The molecule has 6 heteroatoms. The zero-order valence-corrected chi connectivity index (χ0v) is 13.5. The number of aryl methyl sites for hydroxylation is 2. The average Bonchev–Trinajstić information content (AvgIpc) is 2.25. The van der Waals surface area contributed by atoms with Gasteiger partial charge >= 0.3 is 0 Å². The van der Waals surface area contributed by atoms with Crippen molar-refractivity contribution in [2.45, 2.75) is 18.7 Å². The van der Waals surface area contributed by atoms with E-state index in [1.165, 1.54) is 6.07 Å². The first kappa shape index (κ1) is 14.9. The van der Waals surface area contributed by atoms with Gasteiger partial charge in [0.05, 0.1) is 10.6 Å². The topological polar surface area (TPSA) is 72.2 Å². The van der Waals surface area contributed by atoms with E-state index >= 15 is 0 Å². The van der Waals surface area contributed by atoms with E-state index in [0.29, 0.717) is 16.9 Å². The molecule has 0 aliphatic heterocycles. The van der Waals surface area contributed by atoms with Crippen LogP contribution in [0.15, 0.2) is 45.8 Å². The van der Waals surface area contributed by atoms with Gasteiger partial charge in [0.2, 0.25) is 0 Å². The Kier molecular flexibility index (Phi) is 4.06. The van der Waals surface area contributed by atoms with Crippen molar-refractivity contribution in [3.8, 4) is 0 Å². The number of hydrogen-bond acceptors (Lipinski definition) is 3. The quantitative estimate of drug-likeness (QED) is 0.829. The number of sulfonamides is 1. The first-order valence-electron chi connectivity index (χ1n) is 5.94. The molecule has 2 aromatic rings. The Bertz CT molecular complexity index is 738. The maximum absolute atomic E-state index is 12.4. The molecule has 2 aromatic carbocycles. The summed E-state index contributed by atoms with van der Waals surface area (Å²) in [5.74, 6) is 0. The van der Waals surface area contributed by atoms with Crippen molar-refractivity contribution in [3.05, 3.63) is 52.0 Å². The van der Waals surface area contributed by atoms with Crippen LogP contribution in [0.3, 0.4) is 0 Å². The van der Waals surface area contributed by atoms with Crippen LogP contribution >= 0.6 is 15.9 Å². The minimum Gasteiger partial charge on any atom is -0.399 e. The van der Waals surface area contributed by atoms with E-state index in [-0.39, 0.29) is 4.90 Å². The minimum absolute atomic E-state index is 0.226. The number of nitrogen functional groups attached to an aromatic ring is 1. The fourth-order valence-corrected chi connectivity index (χ4v) is 3.86. The average molecular weight is 355 g/mol. The third-order valence-corrected chi connectivity index (χ3v) is 4.78. The molecule has 0 bridgehead atoms. The predicted octanol–water partition coefficient (Wildman–Crippen LogP) is 3.45. The Morgan fingerprint density at radius 1 is 1.10 bits per heavy atom. The standard InChI is InChI=1S/C14H15BrN2O2S/c1-9-5-11(15)8-13(6-9)17-20(18,19)14-4-3-12(16)7-10(14)2/h3-8,17H,16H2,1-2H3. The second-order valence-electron chi connectivity index (χ2n) is 4.65. The monoisotopic (exact) mass is 354 g/mol. The van der Waals surface area contributed by atoms with Crippen LogP contribution in [0, 0.1) is 13.8 Å². The Balaban J connectivity index is 2.40. The molecule has 4 nitrogen and oxygen atoms in total. The van der Waals surface area contributed by atoms with Crippen molar-refractivity contribution in [1.82, 2.24) is 0 Å². The Labute approximate surface area is 127 Å². The van der Waals surface area contributed by atoms with Gasteiger partial charge in [-0.25, -0.2) is 8.42 Å². The Hall–Kier alpha value is -1.53. The van der Waals surface area contributed by atoms with Crippen LogP contribution in [0.1, 0.15) is 11.1 Å². The molecule has 0 saturated carbocycles. The number of rotatable bonds is 3. The molecule has 0 heterocycles. The minimum atomic E-state index is -3.62. The summed E-state index contributed by atoms with van der Waals surface area (Å²) >= 11 is 3.35. The van der Waals surface area contributed by atoms with Crippen LogP contribution in [0.25, 0.3) is 0 Å². The van der Waals surface area contributed by atoms with Crippen molar-refractivity contribution in [1.29, 1.82) is 0 Å². The summed E-state index contributed by atoms with van der Waals surface area (Å²) in [5, 5.41) is 0. The fourth-order valence-electron chi connectivity index (χ4n) is 1.98. The highest BCUT2D eigenvalue weighted by atomic mass is 79.9. The highest BCUT2D eigenvalue weighted by molar-refractivity contribution is 9.10. The maximum atomic E-state index is 12.4. The first-order valence-corrected chi connectivity index (χ1v) is 8.22. The normalized spacial score (nSPS) is 11.3. The second kappa shape index (κ2) is 5.46. The number of nitrogens with one attached hydrogen (secondary N) is 1. The molecule has 106 valence electrons. The van der Waals surface area contributed by atoms with Gasteiger partial charge in [0, 0.05) is 10.2 Å². The van der Waals surface area contributed by atoms with Gasteiger partial charge in [-0.2, -0.15) is 0 Å². The van der Waals surface area contributed by atoms with Crippen LogP contribution in [0.4, 0.5) is 11.4 Å². The van der Waals surface area contributed by atoms with E-state index in [1.54, 1.807) is 31.2 Å². The van der Waals surface area contributed by atoms with Crippen molar-refractivity contribution in [3.63, 3.8) is 0 Å². The summed E-state index contributed by atoms with van der Waals surface area (Å²) < 4.78 is 28.2. The van der Waals surface area contributed by atoms with Gasteiger partial charge in [0.25, 0.3) is 10.0 Å². The van der Waals surface area contributed by atoms with Gasteiger partial charge in [-0.3, -0.25) is 4.72 Å². The first-order chi connectivity index (χ1) is 9.28. The van der Waals surface area contributed by atoms with Gasteiger partial charge in [0.1, 0.15) is 0 Å². The number of nitrogens with two attached hydrogens (primary N) is 1. The molecule has 0 atom stereocenters. The molecule has 0 amide bonds. The number of hydrogen-bond donors (Lipinski definition) is 2. The molecule has 2 rings (SSSR count). The molecular formula is C14H15BrN2O2S. The smallest absolute Gasteiger partial charge is 0.262 e. The summed E-state index contributed by atoms with van der Waals surface area (Å²) in [5.41, 5.74) is 8.28. The van der Waals surface area contributed by atoms with Crippen molar-refractivity contribution in [2.24, 2.45) is 0 Å². The van der Waals surface area contributed by atoms with Gasteiger partial charge in [-0.1, -0.05) is 15.9 Å². The molecule has 0 fully saturated rings. The van der Waals surface area contributed by atoms with Gasteiger partial charge in [-0.05, 0) is 61.4 Å². The zero-order valence-electron chi connectivity index (χ0n) is 11.1. The number of benzene rings is 2. The molecule has 0 aromatic heterocycles. The van der Waals surface area contributed by atoms with E-state index < -0.39 is 10.0 Å². The van der Waals surface area contributed by atoms with Crippen LogP contribution in [0.2, 0.25) is 0 Å². The Morgan fingerprint density at radius 3 is 2.40 bits per heavy atom. The fraction of sp³-hybridized carbons (Fsp3) is 0.143. The van der Waals surface area contributed by atoms with Crippen LogP contribution < -0.4 is 10.5 Å². The molecule has 0 radical (unpaired) electrons. The summed E-state index contributed by atoms with van der Waals surface area (Å²) in [6, 6.07) is 10.1. The predicted molar refractivity (Wildman–Crippen MR) is 85.3 cm³/mol. The molecule has 0 spiro atoms. The zero-order chi connectivity index (χ0) is 14.9. The molecule has 0 unspecified atom stereocenters. The van der Waals surface area contributed by atoms with E-state index in [0.717, 1.165) is 10.0 Å².